The maximum absolute atomic E-state index is 12.1. The highest BCUT2D eigenvalue weighted by Gasteiger charge is 2.20. The van der Waals surface area contributed by atoms with Crippen LogP contribution < -0.4 is 10.6 Å². The Hall–Kier alpha value is -1.14. The number of amides is 2. The van der Waals surface area contributed by atoms with Gasteiger partial charge in [-0.05, 0) is 52.4 Å². The van der Waals surface area contributed by atoms with Crippen LogP contribution in [0.25, 0.3) is 0 Å². The lowest BCUT2D eigenvalue weighted by atomic mass is 9.96. The van der Waals surface area contributed by atoms with Crippen LogP contribution in [-0.2, 0) is 14.3 Å². The second-order valence-electron chi connectivity index (χ2n) is 7.95. The maximum Gasteiger partial charge on any atom is 0.222 e. The molecule has 0 radical (unpaired) electrons. The highest BCUT2D eigenvalue weighted by Crippen LogP contribution is 2.16. The van der Waals surface area contributed by atoms with Crippen LogP contribution in [0.2, 0.25) is 0 Å². The fraction of sp³-hybridized carbons (Fsp3) is 0.895. The molecule has 0 spiro atoms. The Balaban J connectivity index is 2.14. The van der Waals surface area contributed by atoms with Gasteiger partial charge in [0.1, 0.15) is 0 Å². The highest BCUT2D eigenvalue weighted by atomic mass is 16.5. The lowest BCUT2D eigenvalue weighted by Gasteiger charge is -2.19. The van der Waals surface area contributed by atoms with E-state index >= 15 is 0 Å². The Bertz CT molecular complexity index is 414. The van der Waals surface area contributed by atoms with E-state index in [0.717, 1.165) is 25.9 Å². The van der Waals surface area contributed by atoms with Gasteiger partial charge in [-0.1, -0.05) is 13.8 Å². The Morgan fingerprint density at radius 3 is 2.16 bits per heavy atom. The summed E-state index contributed by atoms with van der Waals surface area (Å²) in [6.45, 7) is 9.18. The number of hydrogen-bond donors (Lipinski definition) is 3. The van der Waals surface area contributed by atoms with Crippen molar-refractivity contribution in [3.8, 4) is 0 Å². The first-order valence-electron chi connectivity index (χ1n) is 9.58. The van der Waals surface area contributed by atoms with Gasteiger partial charge in [-0.3, -0.25) is 9.59 Å². The summed E-state index contributed by atoms with van der Waals surface area (Å²) in [4.78, 5) is 24.1. The van der Waals surface area contributed by atoms with Crippen LogP contribution in [0, 0.1) is 11.8 Å². The van der Waals surface area contributed by atoms with E-state index in [1.165, 1.54) is 0 Å². The van der Waals surface area contributed by atoms with Crippen LogP contribution in [0.5, 0.6) is 0 Å². The van der Waals surface area contributed by atoms with Crippen LogP contribution in [-0.4, -0.2) is 48.3 Å². The van der Waals surface area contributed by atoms with Gasteiger partial charge in [0, 0.05) is 31.5 Å². The van der Waals surface area contributed by atoms with E-state index in [4.69, 9.17) is 4.74 Å². The van der Waals surface area contributed by atoms with Crippen LogP contribution in [0.3, 0.4) is 0 Å². The largest absolute Gasteiger partial charge is 0.390 e. The zero-order valence-electron chi connectivity index (χ0n) is 16.3. The molecule has 1 rings (SSSR count). The lowest BCUT2D eigenvalue weighted by Crippen LogP contribution is -2.35. The molecule has 1 fully saturated rings. The third-order valence-electron chi connectivity index (χ3n) is 4.75. The van der Waals surface area contributed by atoms with E-state index in [1.807, 2.05) is 13.8 Å². The number of carbonyl (C=O) groups is 2. The molecule has 1 saturated heterocycles. The normalized spacial score (nSPS) is 20.1. The Labute approximate surface area is 152 Å². The molecule has 1 heterocycles. The average molecular weight is 357 g/mol. The second kappa shape index (κ2) is 10.8. The number of ether oxygens (including phenoxy) is 1. The molecular weight excluding hydrogens is 320 g/mol. The molecule has 0 saturated carbocycles. The second-order valence-corrected chi connectivity index (χ2v) is 7.95. The summed E-state index contributed by atoms with van der Waals surface area (Å²) >= 11 is 0. The van der Waals surface area contributed by atoms with Crippen molar-refractivity contribution in [3.05, 3.63) is 0 Å². The summed E-state index contributed by atoms with van der Waals surface area (Å²) in [5, 5.41) is 15.5. The van der Waals surface area contributed by atoms with Crippen molar-refractivity contribution in [1.82, 2.24) is 10.6 Å². The minimum absolute atomic E-state index is 0.0183. The van der Waals surface area contributed by atoms with E-state index in [9.17, 15) is 14.7 Å². The van der Waals surface area contributed by atoms with Gasteiger partial charge in [-0.25, -0.2) is 0 Å². The standard InChI is InChI=1S/C19H36N2O4/c1-14(17(22)20-11-9-16-6-5-13-25-16)7-8-15(2)18(23)21-12-10-19(3,4)24/h14-16,24H,5-13H2,1-4H3,(H,20,22)(H,21,23). The first kappa shape index (κ1) is 21.9. The topological polar surface area (TPSA) is 87.7 Å². The fourth-order valence-electron chi connectivity index (χ4n) is 2.83. The molecule has 6 heteroatoms. The monoisotopic (exact) mass is 356 g/mol. The van der Waals surface area contributed by atoms with Crippen LogP contribution in [0.1, 0.15) is 66.2 Å². The van der Waals surface area contributed by atoms with E-state index in [1.54, 1.807) is 13.8 Å². The molecule has 3 unspecified atom stereocenters. The SMILES string of the molecule is CC(CCC(C)C(=O)NCCC(C)(C)O)C(=O)NCCC1CCCO1. The van der Waals surface area contributed by atoms with E-state index < -0.39 is 5.60 Å². The van der Waals surface area contributed by atoms with Crippen molar-refractivity contribution in [2.75, 3.05) is 19.7 Å². The summed E-state index contributed by atoms with van der Waals surface area (Å²) in [7, 11) is 0. The molecular formula is C19H36N2O4. The molecule has 0 aromatic heterocycles. The predicted octanol–water partition coefficient (Wildman–Crippen LogP) is 2.00. The molecule has 1 aliphatic rings. The molecule has 1 aliphatic heterocycles. The number of rotatable bonds is 11. The quantitative estimate of drug-likeness (QED) is 0.528. The summed E-state index contributed by atoms with van der Waals surface area (Å²) in [6, 6.07) is 0. The zero-order valence-corrected chi connectivity index (χ0v) is 16.3. The van der Waals surface area contributed by atoms with Crippen molar-refractivity contribution >= 4 is 11.8 Å². The smallest absolute Gasteiger partial charge is 0.222 e. The minimum Gasteiger partial charge on any atom is -0.390 e. The summed E-state index contributed by atoms with van der Waals surface area (Å²) in [5.41, 5.74) is -0.771. The fourth-order valence-corrected chi connectivity index (χ4v) is 2.83. The Morgan fingerprint density at radius 1 is 1.12 bits per heavy atom. The molecule has 0 aromatic rings. The summed E-state index contributed by atoms with van der Waals surface area (Å²) < 4.78 is 5.54. The molecule has 146 valence electrons. The molecule has 6 nitrogen and oxygen atoms in total. The van der Waals surface area contributed by atoms with E-state index in [2.05, 4.69) is 10.6 Å². The van der Waals surface area contributed by atoms with Gasteiger partial charge in [0.15, 0.2) is 0 Å². The first-order chi connectivity index (χ1) is 11.7. The highest BCUT2D eigenvalue weighted by molar-refractivity contribution is 5.79. The van der Waals surface area contributed by atoms with Crippen molar-refractivity contribution in [2.24, 2.45) is 11.8 Å². The van der Waals surface area contributed by atoms with Gasteiger partial charge in [0.2, 0.25) is 11.8 Å². The first-order valence-corrected chi connectivity index (χ1v) is 9.58. The van der Waals surface area contributed by atoms with Gasteiger partial charge >= 0.3 is 0 Å². The van der Waals surface area contributed by atoms with Gasteiger partial charge in [0.25, 0.3) is 0 Å². The summed E-state index contributed by atoms with van der Waals surface area (Å²) in [6.07, 6.45) is 5.26. The third-order valence-corrected chi connectivity index (χ3v) is 4.75. The number of hydrogen-bond acceptors (Lipinski definition) is 4. The van der Waals surface area contributed by atoms with Crippen molar-refractivity contribution in [3.63, 3.8) is 0 Å². The van der Waals surface area contributed by atoms with Crippen molar-refractivity contribution in [2.45, 2.75) is 77.9 Å². The number of nitrogens with one attached hydrogen (secondary N) is 2. The zero-order chi connectivity index (χ0) is 18.9. The molecule has 0 bridgehead atoms. The van der Waals surface area contributed by atoms with Crippen LogP contribution in [0.4, 0.5) is 0 Å². The Kier molecular flexibility index (Phi) is 9.43. The number of carbonyl (C=O) groups excluding carboxylic acids is 2. The van der Waals surface area contributed by atoms with Crippen molar-refractivity contribution < 1.29 is 19.4 Å². The van der Waals surface area contributed by atoms with Gasteiger partial charge < -0.3 is 20.5 Å². The molecule has 25 heavy (non-hydrogen) atoms. The van der Waals surface area contributed by atoms with Gasteiger partial charge in [-0.15, -0.1) is 0 Å². The van der Waals surface area contributed by atoms with Crippen LogP contribution >= 0.6 is 0 Å². The Morgan fingerprint density at radius 2 is 1.68 bits per heavy atom. The van der Waals surface area contributed by atoms with Crippen molar-refractivity contribution in [1.29, 1.82) is 0 Å². The molecule has 3 N–H and O–H groups in total. The summed E-state index contributed by atoms with van der Waals surface area (Å²) in [5.74, 6) is -0.206. The van der Waals surface area contributed by atoms with E-state index in [-0.39, 0.29) is 23.7 Å². The molecule has 3 atom stereocenters. The molecule has 0 aromatic carbocycles. The van der Waals surface area contributed by atoms with E-state index in [0.29, 0.717) is 38.5 Å². The molecule has 0 aliphatic carbocycles. The number of aliphatic hydroxyl groups is 1. The lowest BCUT2D eigenvalue weighted by molar-refractivity contribution is -0.127. The minimum atomic E-state index is -0.771. The average Bonchev–Trinajstić information content (AvgIpc) is 3.04. The third kappa shape index (κ3) is 9.80. The predicted molar refractivity (Wildman–Crippen MR) is 98.1 cm³/mol. The molecule has 2 amide bonds. The van der Waals surface area contributed by atoms with Gasteiger partial charge in [-0.2, -0.15) is 0 Å². The maximum atomic E-state index is 12.1. The van der Waals surface area contributed by atoms with Crippen LogP contribution in [0.15, 0.2) is 0 Å². The van der Waals surface area contributed by atoms with Gasteiger partial charge in [0.05, 0.1) is 11.7 Å².